The zero-order valence-corrected chi connectivity index (χ0v) is 12.4. The molecular weight excluding hydrogens is 258 g/mol. The Hall–Kier alpha value is -2.11. The van der Waals surface area contributed by atoms with E-state index in [9.17, 15) is 9.59 Å². The molecule has 0 unspecified atom stereocenters. The maximum absolute atomic E-state index is 12.4. The lowest BCUT2D eigenvalue weighted by molar-refractivity contribution is 0.0524. The molecule has 0 saturated carbocycles. The van der Waals surface area contributed by atoms with Crippen molar-refractivity contribution in [3.8, 4) is 0 Å². The molecule has 2 rings (SSSR count). The Balaban J connectivity index is 2.73. The molecule has 2 aromatic rings. The Morgan fingerprint density at radius 1 is 1.45 bits per heavy atom. The fourth-order valence-corrected chi connectivity index (χ4v) is 2.12. The van der Waals surface area contributed by atoms with Crippen LogP contribution in [0.1, 0.15) is 43.7 Å². The van der Waals surface area contributed by atoms with Crippen molar-refractivity contribution in [1.29, 1.82) is 0 Å². The first-order valence-corrected chi connectivity index (χ1v) is 6.56. The van der Waals surface area contributed by atoms with E-state index in [-0.39, 0.29) is 23.1 Å². The summed E-state index contributed by atoms with van der Waals surface area (Å²) >= 11 is 0. The van der Waals surface area contributed by atoms with Crippen LogP contribution in [0.4, 0.5) is 0 Å². The molecule has 0 radical (unpaired) electrons. The van der Waals surface area contributed by atoms with Crippen LogP contribution in [-0.4, -0.2) is 27.3 Å². The van der Waals surface area contributed by atoms with Crippen LogP contribution in [0, 0.1) is 6.92 Å². The molecule has 0 amide bonds. The Kier molecular flexibility index (Phi) is 3.41. The quantitative estimate of drug-likeness (QED) is 0.851. The number of H-pyrrole nitrogens is 1. The van der Waals surface area contributed by atoms with Gasteiger partial charge < -0.3 is 9.72 Å². The summed E-state index contributed by atoms with van der Waals surface area (Å²) in [5, 5.41) is 4.84. The first-order chi connectivity index (χ1) is 9.27. The first-order valence-electron chi connectivity index (χ1n) is 6.56. The van der Waals surface area contributed by atoms with Crippen molar-refractivity contribution in [1.82, 2.24) is 14.8 Å². The monoisotopic (exact) mass is 277 g/mol. The molecule has 0 atom stereocenters. The Labute approximate surface area is 116 Å². The minimum absolute atomic E-state index is 0.0101. The minimum atomic E-state index is -0.612. The van der Waals surface area contributed by atoms with Crippen LogP contribution in [0.15, 0.2) is 11.0 Å². The van der Waals surface area contributed by atoms with Crippen molar-refractivity contribution in [3.63, 3.8) is 0 Å². The van der Waals surface area contributed by atoms with Crippen LogP contribution in [0.5, 0.6) is 0 Å². The molecule has 2 heterocycles. The van der Waals surface area contributed by atoms with E-state index >= 15 is 0 Å². The van der Waals surface area contributed by atoms with E-state index in [1.807, 2.05) is 20.8 Å². The van der Waals surface area contributed by atoms with Crippen LogP contribution < -0.4 is 5.43 Å². The number of carbonyl (C=O) groups is 1. The molecule has 0 bridgehead atoms. The molecule has 6 heteroatoms. The summed E-state index contributed by atoms with van der Waals surface area (Å²) in [5.41, 5.74) is 0.623. The van der Waals surface area contributed by atoms with Gasteiger partial charge in [0.2, 0.25) is 5.43 Å². The maximum atomic E-state index is 12.4. The average Bonchev–Trinajstić information content (AvgIpc) is 2.68. The summed E-state index contributed by atoms with van der Waals surface area (Å²) in [6, 6.07) is 0. The van der Waals surface area contributed by atoms with Gasteiger partial charge in [0.15, 0.2) is 0 Å². The van der Waals surface area contributed by atoms with Crippen molar-refractivity contribution in [3.05, 3.63) is 27.7 Å². The largest absolute Gasteiger partial charge is 0.462 e. The molecule has 0 saturated heterocycles. The number of pyridine rings is 1. The highest BCUT2D eigenvalue weighted by Crippen LogP contribution is 2.21. The number of aromatic amines is 1. The van der Waals surface area contributed by atoms with E-state index < -0.39 is 5.97 Å². The average molecular weight is 277 g/mol. The highest BCUT2D eigenvalue weighted by Gasteiger charge is 2.23. The number of fused-ring (bicyclic) bond motifs is 1. The van der Waals surface area contributed by atoms with Crippen molar-refractivity contribution in [2.45, 2.75) is 40.2 Å². The minimum Gasteiger partial charge on any atom is -0.462 e. The highest BCUT2D eigenvalue weighted by atomic mass is 16.5. The van der Waals surface area contributed by atoms with E-state index in [1.165, 1.54) is 6.20 Å². The third-order valence-corrected chi connectivity index (χ3v) is 3.02. The van der Waals surface area contributed by atoms with Crippen molar-refractivity contribution in [2.24, 2.45) is 0 Å². The maximum Gasteiger partial charge on any atom is 0.343 e. The Bertz CT molecular complexity index is 720. The van der Waals surface area contributed by atoms with Gasteiger partial charge in [-0.1, -0.05) is 0 Å². The third kappa shape index (κ3) is 2.21. The lowest BCUT2D eigenvalue weighted by Gasteiger charge is -2.20. The molecule has 1 N–H and O–H groups in total. The van der Waals surface area contributed by atoms with Crippen LogP contribution >= 0.6 is 0 Å². The molecule has 20 heavy (non-hydrogen) atoms. The number of aromatic nitrogens is 3. The summed E-state index contributed by atoms with van der Waals surface area (Å²) in [5.74, 6) is -0.612. The molecule has 0 aliphatic heterocycles. The Morgan fingerprint density at radius 3 is 2.65 bits per heavy atom. The normalized spacial score (nSPS) is 11.8. The Morgan fingerprint density at radius 2 is 2.10 bits per heavy atom. The van der Waals surface area contributed by atoms with Crippen molar-refractivity contribution < 1.29 is 9.53 Å². The number of hydrogen-bond donors (Lipinski definition) is 1. The van der Waals surface area contributed by atoms with Gasteiger partial charge in [-0.2, -0.15) is 5.10 Å². The number of ether oxygens (including phenoxy) is 1. The zero-order chi connectivity index (χ0) is 15.1. The van der Waals surface area contributed by atoms with Crippen molar-refractivity contribution in [2.75, 3.05) is 6.61 Å². The number of nitrogens with one attached hydrogen (secondary N) is 1. The topological polar surface area (TPSA) is 77.0 Å². The molecule has 0 aromatic carbocycles. The lowest BCUT2D eigenvalue weighted by atomic mass is 10.1. The second kappa shape index (κ2) is 4.77. The van der Waals surface area contributed by atoms with Gasteiger partial charge in [-0.15, -0.1) is 0 Å². The van der Waals surface area contributed by atoms with Crippen LogP contribution in [-0.2, 0) is 10.3 Å². The van der Waals surface area contributed by atoms with Crippen molar-refractivity contribution >= 4 is 17.0 Å². The van der Waals surface area contributed by atoms with Gasteiger partial charge in [0, 0.05) is 6.20 Å². The predicted molar refractivity (Wildman–Crippen MR) is 76.0 cm³/mol. The molecule has 0 aliphatic rings. The van der Waals surface area contributed by atoms with E-state index in [0.717, 1.165) is 0 Å². The van der Waals surface area contributed by atoms with Gasteiger partial charge in [-0.05, 0) is 34.6 Å². The van der Waals surface area contributed by atoms with E-state index in [1.54, 1.807) is 18.5 Å². The SMILES string of the molecule is CCOC(=O)c1c[nH]c2c(c(C)nn2C(C)(C)C)c1=O. The van der Waals surface area contributed by atoms with Crippen LogP contribution in [0.25, 0.3) is 11.0 Å². The van der Waals surface area contributed by atoms with Gasteiger partial charge in [0.1, 0.15) is 11.2 Å². The van der Waals surface area contributed by atoms with E-state index in [0.29, 0.717) is 16.7 Å². The van der Waals surface area contributed by atoms with Gasteiger partial charge in [-0.3, -0.25) is 4.79 Å². The third-order valence-electron chi connectivity index (χ3n) is 3.02. The summed E-state index contributed by atoms with van der Waals surface area (Å²) in [7, 11) is 0. The molecule has 0 spiro atoms. The smallest absolute Gasteiger partial charge is 0.343 e. The summed E-state index contributed by atoms with van der Waals surface area (Å²) in [6.45, 7) is 9.68. The van der Waals surface area contributed by atoms with Crippen LogP contribution in [0.2, 0.25) is 0 Å². The highest BCUT2D eigenvalue weighted by molar-refractivity contribution is 5.93. The molecule has 0 aliphatic carbocycles. The van der Waals surface area contributed by atoms with Gasteiger partial charge in [0.05, 0.1) is 23.2 Å². The second-order valence-electron chi connectivity index (χ2n) is 5.64. The van der Waals surface area contributed by atoms with Gasteiger partial charge >= 0.3 is 5.97 Å². The molecule has 0 fully saturated rings. The summed E-state index contributed by atoms with van der Waals surface area (Å²) in [4.78, 5) is 27.2. The molecular formula is C14H19N3O3. The number of esters is 1. The summed E-state index contributed by atoms with van der Waals surface area (Å²) in [6.07, 6.45) is 1.39. The fraction of sp³-hybridized carbons (Fsp3) is 0.500. The van der Waals surface area contributed by atoms with Gasteiger partial charge in [0.25, 0.3) is 0 Å². The number of rotatable bonds is 2. The number of aryl methyl sites for hydroxylation is 1. The lowest BCUT2D eigenvalue weighted by Crippen LogP contribution is -2.24. The molecule has 108 valence electrons. The fourth-order valence-electron chi connectivity index (χ4n) is 2.12. The first kappa shape index (κ1) is 14.3. The number of nitrogens with zero attached hydrogens (tertiary/aromatic N) is 2. The summed E-state index contributed by atoms with van der Waals surface area (Å²) < 4.78 is 6.64. The number of carbonyl (C=O) groups excluding carboxylic acids is 1. The van der Waals surface area contributed by atoms with Gasteiger partial charge in [-0.25, -0.2) is 9.48 Å². The van der Waals surface area contributed by atoms with E-state index in [2.05, 4.69) is 10.1 Å². The molecule has 6 nitrogen and oxygen atoms in total. The van der Waals surface area contributed by atoms with Crippen LogP contribution in [0.3, 0.4) is 0 Å². The molecule has 2 aromatic heterocycles. The van der Waals surface area contributed by atoms with E-state index in [4.69, 9.17) is 4.74 Å². The number of hydrogen-bond acceptors (Lipinski definition) is 4. The zero-order valence-electron chi connectivity index (χ0n) is 12.4. The standard InChI is InChI=1S/C14H19N3O3/c1-6-20-13(19)9-7-15-12-10(11(9)18)8(2)16-17(12)14(3,4)5/h7H,6H2,1-5H3,(H,15,18). The predicted octanol–water partition coefficient (Wildman–Crippen LogP) is 1.96. The second-order valence-corrected chi connectivity index (χ2v) is 5.64.